The van der Waals surface area contributed by atoms with E-state index in [1.165, 1.54) is 36.4 Å². The van der Waals surface area contributed by atoms with Crippen LogP contribution in [0.2, 0.25) is 0 Å². The van der Waals surface area contributed by atoms with Crippen LogP contribution in [-0.2, 0) is 25.5 Å². The van der Waals surface area contributed by atoms with Crippen LogP contribution in [0.5, 0.6) is 34.5 Å². The molecule has 0 spiro atoms. The van der Waals surface area contributed by atoms with Gasteiger partial charge in [0.05, 0.1) is 5.57 Å². The second kappa shape index (κ2) is 15.4. The number of aliphatic carboxylic acids is 2. The number of aromatic hydroxyl groups is 6. The van der Waals surface area contributed by atoms with Crippen LogP contribution in [-0.4, -0.2) is 58.8 Å². The summed E-state index contributed by atoms with van der Waals surface area (Å²) < 4.78 is 5.23. The molecule has 0 unspecified atom stereocenters. The summed E-state index contributed by atoms with van der Waals surface area (Å²) in [6.07, 6.45) is 3.48. The largest absolute Gasteiger partial charge is 0.504 e. The second-order valence-corrected chi connectivity index (χ2v) is 10.4. The van der Waals surface area contributed by atoms with Gasteiger partial charge in [-0.25, -0.2) is 14.4 Å². The second-order valence-electron chi connectivity index (χ2n) is 10.4. The topological polar surface area (TPSA) is 222 Å². The molecule has 8 N–H and O–H groups in total. The number of phenolic OH excluding ortho intramolecular Hbond substituents is 6. The first-order valence-corrected chi connectivity index (χ1v) is 14.7. The number of phenols is 6. The highest BCUT2D eigenvalue weighted by Gasteiger charge is 2.27. The molecule has 0 radical (unpaired) electrons. The van der Waals surface area contributed by atoms with Crippen LogP contribution >= 0.6 is 0 Å². The zero-order chi connectivity index (χ0) is 35.0. The first-order valence-electron chi connectivity index (χ1n) is 14.7. The first-order chi connectivity index (χ1) is 22.3. The zero-order valence-corrected chi connectivity index (χ0v) is 25.9. The predicted molar refractivity (Wildman–Crippen MR) is 173 cm³/mol. The van der Waals surface area contributed by atoms with Gasteiger partial charge in [-0.2, -0.15) is 0 Å². The zero-order valence-electron chi connectivity index (χ0n) is 25.9. The maximum atomic E-state index is 13.0. The normalized spacial score (nSPS) is 12.4. The van der Waals surface area contributed by atoms with E-state index in [-0.39, 0.29) is 58.2 Å². The summed E-state index contributed by atoms with van der Waals surface area (Å²) in [6.45, 7) is 5.17. The number of allylic oxidation sites excluding steroid dienone is 2. The average Bonchev–Trinajstić information content (AvgIpc) is 3.03. The van der Waals surface area contributed by atoms with E-state index in [9.17, 15) is 55.2 Å². The summed E-state index contributed by atoms with van der Waals surface area (Å²) >= 11 is 0. The molecule has 0 bridgehead atoms. The maximum absolute atomic E-state index is 13.0. The van der Waals surface area contributed by atoms with Gasteiger partial charge in [0.15, 0.2) is 34.5 Å². The number of carboxylic acids is 2. The Bertz CT molecular complexity index is 1800. The molecule has 0 aliphatic heterocycles. The number of carbonyl (C=O) groups excluding carboxylic acids is 1. The van der Waals surface area contributed by atoms with Gasteiger partial charge in [-0.15, -0.1) is 0 Å². The number of esters is 1. The lowest BCUT2D eigenvalue weighted by Gasteiger charge is -2.17. The lowest BCUT2D eigenvalue weighted by Crippen LogP contribution is -2.13. The van der Waals surface area contributed by atoms with E-state index in [1.54, 1.807) is 13.8 Å². The summed E-state index contributed by atoms with van der Waals surface area (Å²) in [4.78, 5) is 38.0. The Morgan fingerprint density at radius 2 is 1.38 bits per heavy atom. The molecular formula is C35H36O12. The highest BCUT2D eigenvalue weighted by molar-refractivity contribution is 6.25. The van der Waals surface area contributed by atoms with Gasteiger partial charge in [0.25, 0.3) is 0 Å². The monoisotopic (exact) mass is 648 g/mol. The lowest BCUT2D eigenvalue weighted by atomic mass is 9.88. The Morgan fingerprint density at radius 1 is 0.745 bits per heavy atom. The average molecular weight is 649 g/mol. The quantitative estimate of drug-likeness (QED) is 0.0345. The van der Waals surface area contributed by atoms with Crippen molar-refractivity contribution in [3.05, 3.63) is 82.1 Å². The molecule has 0 atom stereocenters. The third-order valence-corrected chi connectivity index (χ3v) is 7.42. The number of ether oxygens (including phenoxy) is 1. The van der Waals surface area contributed by atoms with Crippen molar-refractivity contribution in [1.82, 2.24) is 0 Å². The predicted octanol–water partition coefficient (Wildman–Crippen LogP) is 6.13. The summed E-state index contributed by atoms with van der Waals surface area (Å²) in [5.74, 6) is -8.26. The molecule has 0 amide bonds. The standard InChI is InChI=1S/C35H36O12/c1-4-7-8-22(19-10-13-24(36)27(39)17-19)30(34(43)44)29-18(9-14-26(38)32(29)42)11-16-28(40)47-33(35(45)46)21(6-3)23-12-15-25(37)31(41)20(23)5-2/h9-17,36-39,41-42H,4-8H2,1-3H3,(H,43,44)(H,45,46)/b16-11+,30-22+,33-21+. The van der Waals surface area contributed by atoms with Crippen LogP contribution in [0, 0.1) is 0 Å². The molecule has 0 fully saturated rings. The Hall–Kier alpha value is -5.91. The van der Waals surface area contributed by atoms with E-state index in [0.717, 1.165) is 18.2 Å². The van der Waals surface area contributed by atoms with E-state index in [2.05, 4.69) is 0 Å². The van der Waals surface area contributed by atoms with E-state index < -0.39 is 63.7 Å². The van der Waals surface area contributed by atoms with Crippen molar-refractivity contribution in [3.8, 4) is 34.5 Å². The van der Waals surface area contributed by atoms with Crippen LogP contribution in [0.15, 0.2) is 54.3 Å². The van der Waals surface area contributed by atoms with E-state index in [1.807, 2.05) is 6.92 Å². The third-order valence-electron chi connectivity index (χ3n) is 7.42. The van der Waals surface area contributed by atoms with Gasteiger partial charge in [0, 0.05) is 22.8 Å². The van der Waals surface area contributed by atoms with Gasteiger partial charge in [-0.05, 0) is 78.3 Å². The van der Waals surface area contributed by atoms with Crippen LogP contribution in [0.1, 0.15) is 74.3 Å². The van der Waals surface area contributed by atoms with Gasteiger partial charge in [-0.1, -0.05) is 45.4 Å². The van der Waals surface area contributed by atoms with Crippen LogP contribution in [0.3, 0.4) is 0 Å². The van der Waals surface area contributed by atoms with Gasteiger partial charge < -0.3 is 45.6 Å². The van der Waals surface area contributed by atoms with E-state index >= 15 is 0 Å². The SMILES string of the molecule is CCCC/C(=C(\C(=O)O)c1c(/C=C/C(=O)O/C(C(=O)O)=C(\CC)c2ccc(O)c(O)c2CC)ccc(O)c1O)c1ccc(O)c(O)c1. The number of carbonyl (C=O) groups is 3. The molecule has 47 heavy (non-hydrogen) atoms. The number of hydrogen-bond acceptors (Lipinski definition) is 10. The van der Waals surface area contributed by atoms with Crippen molar-refractivity contribution in [3.63, 3.8) is 0 Å². The smallest absolute Gasteiger partial charge is 0.372 e. The minimum atomic E-state index is -1.59. The molecule has 248 valence electrons. The van der Waals surface area contributed by atoms with Crippen molar-refractivity contribution < 1.29 is 60.0 Å². The van der Waals surface area contributed by atoms with E-state index in [0.29, 0.717) is 12.8 Å². The molecule has 3 rings (SSSR count). The highest BCUT2D eigenvalue weighted by atomic mass is 16.6. The molecule has 0 aliphatic rings. The molecule has 3 aromatic rings. The molecule has 0 aliphatic carbocycles. The van der Waals surface area contributed by atoms with Gasteiger partial charge in [0.1, 0.15) is 0 Å². The number of hydrogen-bond donors (Lipinski definition) is 8. The fourth-order valence-electron chi connectivity index (χ4n) is 5.13. The van der Waals surface area contributed by atoms with Crippen molar-refractivity contribution in [2.75, 3.05) is 0 Å². The first kappa shape index (κ1) is 35.6. The number of unbranched alkanes of at least 4 members (excludes halogenated alkanes) is 1. The number of benzene rings is 3. The lowest BCUT2D eigenvalue weighted by molar-refractivity contribution is -0.144. The molecule has 0 aromatic heterocycles. The van der Waals surface area contributed by atoms with Crippen molar-refractivity contribution in [1.29, 1.82) is 0 Å². The minimum absolute atomic E-state index is 0.0556. The molecular weight excluding hydrogens is 612 g/mol. The molecule has 12 nitrogen and oxygen atoms in total. The molecule has 0 saturated heterocycles. The van der Waals surface area contributed by atoms with Gasteiger partial charge in [-0.3, -0.25) is 0 Å². The van der Waals surface area contributed by atoms with Crippen molar-refractivity contribution >= 4 is 40.7 Å². The Balaban J connectivity index is 2.19. The number of carboxylic acid groups (broad SMARTS) is 2. The minimum Gasteiger partial charge on any atom is -0.504 e. The molecule has 3 aromatic carbocycles. The van der Waals surface area contributed by atoms with Crippen molar-refractivity contribution in [2.24, 2.45) is 0 Å². The summed E-state index contributed by atoms with van der Waals surface area (Å²) in [5, 5.41) is 81.7. The fourth-order valence-corrected chi connectivity index (χ4v) is 5.13. The fraction of sp³-hybridized carbons (Fsp3) is 0.229. The third kappa shape index (κ3) is 7.85. The summed E-state index contributed by atoms with van der Waals surface area (Å²) in [5.41, 5.74) is 0.0486. The number of rotatable bonds is 13. The molecule has 0 saturated carbocycles. The molecule has 12 heteroatoms. The Morgan fingerprint density at radius 3 is 1.96 bits per heavy atom. The van der Waals surface area contributed by atoms with Gasteiger partial charge in [0.2, 0.25) is 5.76 Å². The van der Waals surface area contributed by atoms with Gasteiger partial charge >= 0.3 is 17.9 Å². The van der Waals surface area contributed by atoms with E-state index in [4.69, 9.17) is 4.74 Å². The maximum Gasteiger partial charge on any atom is 0.372 e. The highest BCUT2D eigenvalue weighted by Crippen LogP contribution is 2.43. The van der Waals surface area contributed by atoms with Crippen LogP contribution in [0.25, 0.3) is 22.8 Å². The summed E-state index contributed by atoms with van der Waals surface area (Å²) in [6, 6.07) is 8.62. The Labute approximate surface area is 270 Å². The van der Waals surface area contributed by atoms with Crippen LogP contribution in [0.4, 0.5) is 0 Å². The Kier molecular flexibility index (Phi) is 11.6. The van der Waals surface area contributed by atoms with Crippen molar-refractivity contribution in [2.45, 2.75) is 52.9 Å². The molecule has 0 heterocycles. The summed E-state index contributed by atoms with van der Waals surface area (Å²) in [7, 11) is 0. The van der Waals surface area contributed by atoms with Crippen LogP contribution < -0.4 is 0 Å².